The number of pyridine rings is 6. The van der Waals surface area contributed by atoms with Crippen LogP contribution >= 0.6 is 69.6 Å². The minimum absolute atomic E-state index is 0.170. The fourth-order valence-corrected chi connectivity index (χ4v) is 10.3. The van der Waals surface area contributed by atoms with Crippen LogP contribution in [-0.2, 0) is 44.9 Å². The van der Waals surface area contributed by atoms with E-state index in [2.05, 4.69) is 63.1 Å². The third kappa shape index (κ3) is 13.9. The van der Waals surface area contributed by atoms with E-state index in [1.54, 1.807) is 43.1 Å². The number of halogens is 6. The summed E-state index contributed by atoms with van der Waals surface area (Å²) in [7, 11) is 0. The molecule has 9 aromatic heterocycles. The van der Waals surface area contributed by atoms with Crippen molar-refractivity contribution in [1.82, 2.24) is 44.9 Å². The van der Waals surface area contributed by atoms with Gasteiger partial charge in [0.05, 0.1) is 5.56 Å². The molecular formula is C63H49Cl6N9O2. The van der Waals surface area contributed by atoms with Gasteiger partial charge in [-0.05, 0) is 163 Å². The molecule has 0 saturated heterocycles. The standard InChI is InChI=1S/C21H17Cl2N3O.C21H15Cl2N3O.C21H17Cl2N3/c2*22-14-6-3-13(4-7-14)5-8-15-9-10-17(20(23)26-15)19(27)18-12-25-21-16(18)2-1-11-24-21;22-17-7-3-14(4-8-17)5-9-18-10-6-15(20(23)26-18)12-16-13-25-21-19(16)2-1-11-24-21/h1-4,6-7,9-12,19,27H,5,8H2,(H,24,25);1-4,6-7,9-12H,5,8H2,(H,24,25);1-4,6-8,10-11,13H,5,9,12H2,(H,24,25). The zero-order valence-electron chi connectivity index (χ0n) is 42.7. The number of hydrogen-bond donors (Lipinski definition) is 4. The lowest BCUT2D eigenvalue weighted by molar-refractivity contribution is 0.104. The van der Waals surface area contributed by atoms with Gasteiger partial charge in [-0.15, -0.1) is 0 Å². The number of nitrogens with one attached hydrogen (secondary N) is 3. The van der Waals surface area contributed by atoms with Crippen molar-refractivity contribution in [2.45, 2.75) is 51.0 Å². The van der Waals surface area contributed by atoms with Crippen LogP contribution in [0.1, 0.15) is 78.1 Å². The molecule has 12 aromatic rings. The van der Waals surface area contributed by atoms with Gasteiger partial charge in [0.1, 0.15) is 38.5 Å². The molecule has 12 rings (SSSR count). The SMILES string of the molecule is Clc1ccc(CCc2ccc(Cc3c[nH]c4ncccc34)c(Cl)n2)cc1.O=C(c1ccc(CCc2ccc(Cl)cc2)nc1Cl)c1c[nH]c2ncccc12.OC(c1ccc(CCc2ccc(Cl)cc2)nc1Cl)c1c[nH]c2ncccc12. The van der Waals surface area contributed by atoms with Gasteiger partial charge in [-0.1, -0.05) is 118 Å². The monoisotopic (exact) mass is 1170 g/mol. The molecule has 1 atom stereocenters. The number of aromatic amines is 3. The Balaban J connectivity index is 0.000000135. The van der Waals surface area contributed by atoms with Crippen molar-refractivity contribution in [2.75, 3.05) is 0 Å². The van der Waals surface area contributed by atoms with Gasteiger partial charge in [0.25, 0.3) is 0 Å². The van der Waals surface area contributed by atoms with E-state index in [0.717, 1.165) is 116 Å². The van der Waals surface area contributed by atoms with Gasteiger partial charge in [0, 0.05) is 109 Å². The molecule has 0 spiro atoms. The normalized spacial score (nSPS) is 11.5. The Morgan fingerprint density at radius 1 is 0.412 bits per heavy atom. The molecule has 9 heterocycles. The van der Waals surface area contributed by atoms with Gasteiger partial charge in [0.15, 0.2) is 5.78 Å². The third-order valence-corrected chi connectivity index (χ3v) is 15.2. The Morgan fingerprint density at radius 3 is 1.40 bits per heavy atom. The van der Waals surface area contributed by atoms with Crippen molar-refractivity contribution in [2.24, 2.45) is 0 Å². The van der Waals surface area contributed by atoms with Crippen molar-refractivity contribution in [3.63, 3.8) is 0 Å². The average molecular weight is 1180 g/mol. The number of aryl methyl sites for hydroxylation is 6. The Kier molecular flexibility index (Phi) is 18.3. The molecule has 0 bridgehead atoms. The summed E-state index contributed by atoms with van der Waals surface area (Å²) < 4.78 is 0. The average Bonchev–Trinajstić information content (AvgIpc) is 4.24. The van der Waals surface area contributed by atoms with E-state index < -0.39 is 6.10 Å². The van der Waals surface area contributed by atoms with E-state index in [-0.39, 0.29) is 10.9 Å². The quantitative estimate of drug-likeness (QED) is 0.0583. The maximum Gasteiger partial charge on any atom is 0.198 e. The van der Waals surface area contributed by atoms with Crippen molar-refractivity contribution >= 4 is 108 Å². The van der Waals surface area contributed by atoms with Crippen LogP contribution in [-0.4, -0.2) is 55.7 Å². The van der Waals surface area contributed by atoms with Crippen molar-refractivity contribution in [3.05, 3.63) is 280 Å². The van der Waals surface area contributed by atoms with E-state index >= 15 is 0 Å². The highest BCUT2D eigenvalue weighted by atomic mass is 35.5. The largest absolute Gasteiger partial charge is 0.383 e. The third-order valence-electron chi connectivity index (χ3n) is 13.5. The van der Waals surface area contributed by atoms with Gasteiger partial charge >= 0.3 is 0 Å². The summed E-state index contributed by atoms with van der Waals surface area (Å²) in [6.07, 6.45) is 15.3. The van der Waals surface area contributed by atoms with Crippen LogP contribution < -0.4 is 0 Å². The van der Waals surface area contributed by atoms with Crippen molar-refractivity contribution in [3.8, 4) is 0 Å². The molecular weight excluding hydrogens is 1130 g/mol. The summed E-state index contributed by atoms with van der Waals surface area (Å²) in [5.74, 6) is -0.170. The van der Waals surface area contributed by atoms with Crippen LogP contribution in [0.4, 0.5) is 0 Å². The number of aliphatic hydroxyl groups is 1. The first-order valence-corrected chi connectivity index (χ1v) is 27.9. The summed E-state index contributed by atoms with van der Waals surface area (Å²) in [6, 6.07) is 46.3. The molecule has 0 aliphatic heterocycles. The number of H-pyrrole nitrogens is 3. The molecule has 0 saturated carbocycles. The summed E-state index contributed by atoms with van der Waals surface area (Å²) in [6.45, 7) is 0. The minimum Gasteiger partial charge on any atom is -0.383 e. The second kappa shape index (κ2) is 26.2. The Hall–Kier alpha value is -7.45. The smallest absolute Gasteiger partial charge is 0.198 e. The zero-order valence-corrected chi connectivity index (χ0v) is 47.2. The van der Waals surface area contributed by atoms with Crippen LogP contribution in [0.2, 0.25) is 30.5 Å². The maximum absolute atomic E-state index is 12.9. The first-order valence-electron chi connectivity index (χ1n) is 25.6. The number of aromatic nitrogens is 9. The highest BCUT2D eigenvalue weighted by molar-refractivity contribution is 6.34. The Bertz CT molecular complexity index is 4070. The number of aliphatic hydroxyl groups excluding tert-OH is 1. The molecule has 1 unspecified atom stereocenters. The second-order valence-electron chi connectivity index (χ2n) is 18.8. The van der Waals surface area contributed by atoms with E-state index in [9.17, 15) is 9.90 Å². The Morgan fingerprint density at radius 2 is 0.863 bits per heavy atom. The van der Waals surface area contributed by atoms with Crippen LogP contribution in [0.5, 0.6) is 0 Å². The van der Waals surface area contributed by atoms with Gasteiger partial charge in [-0.25, -0.2) is 29.9 Å². The lowest BCUT2D eigenvalue weighted by Gasteiger charge is -2.13. The predicted octanol–water partition coefficient (Wildman–Crippen LogP) is 16.1. The second-order valence-corrected chi connectivity index (χ2v) is 21.2. The number of carbonyl (C=O) groups excluding carboxylic acids is 1. The number of benzene rings is 3. The topological polar surface area (TPSA) is 162 Å². The van der Waals surface area contributed by atoms with E-state index in [0.29, 0.717) is 32.6 Å². The first kappa shape index (κ1) is 55.8. The van der Waals surface area contributed by atoms with Crippen LogP contribution in [0.3, 0.4) is 0 Å². The highest BCUT2D eigenvalue weighted by Gasteiger charge is 2.21. The maximum atomic E-state index is 12.9. The molecule has 80 heavy (non-hydrogen) atoms. The lowest BCUT2D eigenvalue weighted by Crippen LogP contribution is -2.04. The molecule has 400 valence electrons. The summed E-state index contributed by atoms with van der Waals surface area (Å²) in [5, 5.41) is 16.9. The van der Waals surface area contributed by atoms with Gasteiger partial charge < -0.3 is 20.1 Å². The number of hydrogen-bond acceptors (Lipinski definition) is 8. The summed E-state index contributed by atoms with van der Waals surface area (Å²) in [4.78, 5) is 48.4. The van der Waals surface area contributed by atoms with Crippen LogP contribution in [0, 0.1) is 0 Å². The molecule has 0 amide bonds. The minimum atomic E-state index is -0.867. The van der Waals surface area contributed by atoms with E-state index in [4.69, 9.17) is 69.6 Å². The number of carbonyl (C=O) groups is 1. The molecule has 11 nitrogen and oxygen atoms in total. The molecule has 0 aliphatic rings. The summed E-state index contributed by atoms with van der Waals surface area (Å²) in [5.41, 5.74) is 13.0. The van der Waals surface area contributed by atoms with E-state index in [1.807, 2.05) is 121 Å². The van der Waals surface area contributed by atoms with Crippen LogP contribution in [0.25, 0.3) is 33.1 Å². The summed E-state index contributed by atoms with van der Waals surface area (Å²) >= 11 is 36.9. The molecule has 0 radical (unpaired) electrons. The number of nitrogens with zero attached hydrogens (tertiary/aromatic N) is 6. The van der Waals surface area contributed by atoms with Gasteiger partial charge in [-0.3, -0.25) is 4.79 Å². The predicted molar refractivity (Wildman–Crippen MR) is 323 cm³/mol. The molecule has 0 aliphatic carbocycles. The fraction of sp³-hybridized carbons (Fsp3) is 0.127. The van der Waals surface area contributed by atoms with Crippen molar-refractivity contribution in [1.29, 1.82) is 0 Å². The number of ketones is 1. The van der Waals surface area contributed by atoms with Crippen LogP contribution in [0.15, 0.2) is 183 Å². The zero-order chi connectivity index (χ0) is 55.5. The molecule has 17 heteroatoms. The van der Waals surface area contributed by atoms with E-state index in [1.165, 1.54) is 22.3 Å². The molecule has 3 aromatic carbocycles. The Labute approximate surface area is 491 Å². The van der Waals surface area contributed by atoms with Crippen molar-refractivity contribution < 1.29 is 9.90 Å². The number of rotatable bonds is 15. The number of fused-ring (bicyclic) bond motifs is 3. The molecule has 4 N–H and O–H groups in total. The fourth-order valence-electron chi connectivity index (χ4n) is 9.17. The van der Waals surface area contributed by atoms with Gasteiger partial charge in [0.2, 0.25) is 0 Å². The highest BCUT2D eigenvalue weighted by Crippen LogP contribution is 2.32. The lowest BCUT2D eigenvalue weighted by atomic mass is 10.0. The molecule has 0 fully saturated rings. The van der Waals surface area contributed by atoms with Gasteiger partial charge in [-0.2, -0.15) is 0 Å². The first-order chi connectivity index (χ1) is 38.9.